The van der Waals surface area contributed by atoms with Crippen LogP contribution in [0.1, 0.15) is 18.1 Å². The third-order valence-corrected chi connectivity index (χ3v) is 2.72. The van der Waals surface area contributed by atoms with Crippen molar-refractivity contribution in [1.82, 2.24) is 5.09 Å². The van der Waals surface area contributed by atoms with Crippen molar-refractivity contribution in [2.75, 3.05) is 0 Å². The van der Waals surface area contributed by atoms with Gasteiger partial charge >= 0.3 is 0 Å². The molecule has 0 fully saturated rings. The average Bonchev–Trinajstić information content (AvgIpc) is 2.28. The third kappa shape index (κ3) is 3.08. The van der Waals surface area contributed by atoms with Gasteiger partial charge in [0.1, 0.15) is 11.6 Å². The smallest absolute Gasteiger partial charge is 0.129 e. The topological polar surface area (TPSA) is 32.3 Å². The van der Waals surface area contributed by atoms with Crippen molar-refractivity contribution in [2.24, 2.45) is 0 Å². The van der Waals surface area contributed by atoms with Gasteiger partial charge in [-0.05, 0) is 24.6 Å². The van der Waals surface area contributed by atoms with E-state index in [0.717, 1.165) is 18.2 Å². The maximum absolute atomic E-state index is 13.4. The van der Waals surface area contributed by atoms with E-state index in [1.807, 2.05) is 0 Å². The van der Waals surface area contributed by atoms with Crippen LogP contribution >= 0.6 is 9.39 Å². The number of hydrogen-bond acceptors (Lipinski definition) is 2. The Balaban J connectivity index is 2.97. The molecule has 0 radical (unpaired) electrons. The monoisotopic (exact) mass is 245 g/mol. The van der Waals surface area contributed by atoms with E-state index in [-0.39, 0.29) is 5.56 Å². The van der Waals surface area contributed by atoms with Crippen LogP contribution in [0.2, 0.25) is 0 Å². The van der Waals surface area contributed by atoms with Crippen molar-refractivity contribution < 1.29 is 13.9 Å². The van der Waals surface area contributed by atoms with Gasteiger partial charge in [-0.25, -0.2) is 8.78 Å². The van der Waals surface area contributed by atoms with E-state index >= 15 is 0 Å². The summed E-state index contributed by atoms with van der Waals surface area (Å²) in [4.78, 5) is 0. The Morgan fingerprint density at radius 3 is 2.75 bits per heavy atom. The number of aliphatic hydroxyl groups excluding tert-OH is 1. The summed E-state index contributed by atoms with van der Waals surface area (Å²) < 4.78 is 26.3. The van der Waals surface area contributed by atoms with E-state index in [1.54, 1.807) is 6.08 Å². The molecular formula is C11H14F2NOP. The summed E-state index contributed by atoms with van der Waals surface area (Å²) >= 11 is 0. The summed E-state index contributed by atoms with van der Waals surface area (Å²) in [6.45, 7) is 3.54. The first-order valence-electron chi connectivity index (χ1n) is 4.80. The molecule has 1 rings (SSSR count). The van der Waals surface area contributed by atoms with E-state index in [1.165, 1.54) is 0 Å². The lowest BCUT2D eigenvalue weighted by molar-refractivity contribution is 0.136. The highest BCUT2D eigenvalue weighted by Gasteiger charge is 2.21. The van der Waals surface area contributed by atoms with Crippen LogP contribution < -0.4 is 5.09 Å². The van der Waals surface area contributed by atoms with Crippen LogP contribution in [0.5, 0.6) is 0 Å². The summed E-state index contributed by atoms with van der Waals surface area (Å²) in [5.41, 5.74) is -0.0539. The van der Waals surface area contributed by atoms with Crippen LogP contribution in [0.3, 0.4) is 0 Å². The number of benzene rings is 1. The van der Waals surface area contributed by atoms with Crippen molar-refractivity contribution in [3.63, 3.8) is 0 Å². The molecule has 0 bridgehead atoms. The molecule has 0 aliphatic heterocycles. The van der Waals surface area contributed by atoms with Gasteiger partial charge < -0.3 is 5.11 Å². The second kappa shape index (κ2) is 6.04. The van der Waals surface area contributed by atoms with E-state index in [4.69, 9.17) is 0 Å². The molecule has 2 N–H and O–H groups in total. The zero-order chi connectivity index (χ0) is 12.1. The summed E-state index contributed by atoms with van der Waals surface area (Å²) in [5.74, 6) is -1.19. The van der Waals surface area contributed by atoms with Gasteiger partial charge in [0.15, 0.2) is 0 Å². The molecule has 0 amide bonds. The molecule has 0 spiro atoms. The van der Waals surface area contributed by atoms with Gasteiger partial charge in [0.05, 0.1) is 6.10 Å². The average molecular weight is 245 g/mol. The molecule has 0 aliphatic carbocycles. The van der Waals surface area contributed by atoms with Crippen LogP contribution in [0.15, 0.2) is 30.9 Å². The van der Waals surface area contributed by atoms with Gasteiger partial charge in [-0.3, -0.25) is 5.09 Å². The van der Waals surface area contributed by atoms with Gasteiger partial charge in [-0.2, -0.15) is 0 Å². The molecule has 2 nitrogen and oxygen atoms in total. The minimum atomic E-state index is -1.12. The van der Waals surface area contributed by atoms with Crippen LogP contribution in [-0.4, -0.2) is 11.1 Å². The lowest BCUT2D eigenvalue weighted by Crippen LogP contribution is -2.28. The fraction of sp³-hybridized carbons (Fsp3) is 0.273. The molecule has 0 saturated carbocycles. The maximum atomic E-state index is 13.4. The maximum Gasteiger partial charge on any atom is 0.129 e. The van der Waals surface area contributed by atoms with E-state index in [9.17, 15) is 13.9 Å². The molecule has 1 aromatic carbocycles. The summed E-state index contributed by atoms with van der Waals surface area (Å²) in [6.07, 6.45) is 0.925. The van der Waals surface area contributed by atoms with Gasteiger partial charge in [0, 0.05) is 11.6 Å². The highest BCUT2D eigenvalue weighted by molar-refractivity contribution is 7.13. The number of aliphatic hydroxyl groups is 1. The molecule has 0 aliphatic rings. The fourth-order valence-corrected chi connectivity index (χ4v) is 1.74. The molecular weight excluding hydrogens is 231 g/mol. The second-order valence-corrected chi connectivity index (χ2v) is 3.74. The lowest BCUT2D eigenvalue weighted by atomic mass is 10.00. The highest BCUT2D eigenvalue weighted by Crippen LogP contribution is 2.23. The molecule has 0 aromatic heterocycles. The molecule has 1 aromatic rings. The molecule has 2 unspecified atom stereocenters. The van der Waals surface area contributed by atoms with Gasteiger partial charge in [0.25, 0.3) is 0 Å². The van der Waals surface area contributed by atoms with Crippen LogP contribution in [-0.2, 0) is 0 Å². The second-order valence-electron chi connectivity index (χ2n) is 3.41. The zero-order valence-electron chi connectivity index (χ0n) is 8.66. The highest BCUT2D eigenvalue weighted by atomic mass is 31.0. The number of hydrogen-bond donors (Lipinski definition) is 2. The molecule has 5 heteroatoms. The predicted octanol–water partition coefficient (Wildman–Crippen LogP) is 2.32. The molecule has 0 saturated heterocycles. The van der Waals surface area contributed by atoms with E-state index in [0.29, 0.717) is 6.42 Å². The third-order valence-electron chi connectivity index (χ3n) is 2.29. The molecule has 88 valence electrons. The first-order chi connectivity index (χ1) is 7.60. The summed E-state index contributed by atoms with van der Waals surface area (Å²) in [5, 5.41) is 12.6. The van der Waals surface area contributed by atoms with E-state index in [2.05, 4.69) is 21.1 Å². The first kappa shape index (κ1) is 13.2. The number of halogens is 2. The van der Waals surface area contributed by atoms with Crippen molar-refractivity contribution >= 4 is 9.39 Å². The van der Waals surface area contributed by atoms with Crippen LogP contribution in [0.25, 0.3) is 0 Å². The Bertz CT molecular complexity index is 373. The summed E-state index contributed by atoms with van der Waals surface area (Å²) in [7, 11) is 2.24. The Labute approximate surface area is 95.6 Å². The van der Waals surface area contributed by atoms with Gasteiger partial charge in [-0.15, -0.1) is 6.58 Å². The minimum Gasteiger partial charge on any atom is -0.387 e. The largest absolute Gasteiger partial charge is 0.387 e. The SMILES string of the molecule is C=CC[C@H](NP)C(O)c1cc(F)ccc1F. The first-order valence-corrected chi connectivity index (χ1v) is 5.38. The standard InChI is InChI=1S/C11H14F2NOP/c1-2-3-10(14-16)11(15)8-6-7(12)4-5-9(8)13/h2,4-6,10-11,14-15H,1,3,16H2/t10-,11?/m0/s1. The Hall–Kier alpha value is -0.830. The predicted molar refractivity (Wildman–Crippen MR) is 62.8 cm³/mol. The lowest BCUT2D eigenvalue weighted by Gasteiger charge is -2.21. The van der Waals surface area contributed by atoms with Crippen molar-refractivity contribution in [2.45, 2.75) is 18.6 Å². The summed E-state index contributed by atoms with van der Waals surface area (Å²) in [6, 6.07) is 2.60. The van der Waals surface area contributed by atoms with Crippen molar-refractivity contribution in [1.29, 1.82) is 0 Å². The number of rotatable bonds is 5. The van der Waals surface area contributed by atoms with Crippen LogP contribution in [0.4, 0.5) is 8.78 Å². The van der Waals surface area contributed by atoms with Gasteiger partial charge in [0.2, 0.25) is 0 Å². The molecule has 3 atom stereocenters. The minimum absolute atomic E-state index is 0.0539. The molecule has 16 heavy (non-hydrogen) atoms. The Morgan fingerprint density at radius 1 is 1.50 bits per heavy atom. The van der Waals surface area contributed by atoms with Crippen LogP contribution in [0, 0.1) is 11.6 Å². The van der Waals surface area contributed by atoms with E-state index < -0.39 is 23.8 Å². The quantitative estimate of drug-likeness (QED) is 0.616. The zero-order valence-corrected chi connectivity index (χ0v) is 9.81. The van der Waals surface area contributed by atoms with Gasteiger partial charge in [-0.1, -0.05) is 15.5 Å². The Morgan fingerprint density at radius 2 is 2.19 bits per heavy atom. The fourth-order valence-electron chi connectivity index (χ4n) is 1.43. The van der Waals surface area contributed by atoms with Crippen molar-refractivity contribution in [3.8, 4) is 0 Å². The van der Waals surface area contributed by atoms with Crippen molar-refractivity contribution in [3.05, 3.63) is 48.1 Å². The molecule has 0 heterocycles. The normalized spacial score (nSPS) is 14.5. The number of nitrogens with one attached hydrogen (secondary N) is 1. The Kier molecular flexibility index (Phi) is 5.00.